The smallest absolute Gasteiger partial charge is 0.253 e. The molecular formula is C22H29ClN2O. The van der Waals surface area contributed by atoms with Gasteiger partial charge in [0.1, 0.15) is 0 Å². The Hall–Kier alpha value is -1.84. The predicted octanol–water partition coefficient (Wildman–Crippen LogP) is 5.32. The Morgan fingerprint density at radius 2 is 1.65 bits per heavy atom. The molecule has 0 saturated heterocycles. The van der Waals surface area contributed by atoms with Gasteiger partial charge in [0.15, 0.2) is 0 Å². The number of halogens is 1. The maximum atomic E-state index is 12.7. The number of nitrogens with one attached hydrogen (secondary N) is 1. The second-order valence-corrected chi connectivity index (χ2v) is 6.85. The van der Waals surface area contributed by atoms with E-state index in [4.69, 9.17) is 11.6 Å². The van der Waals surface area contributed by atoms with E-state index in [0.717, 1.165) is 44.5 Å². The highest BCUT2D eigenvalue weighted by Gasteiger charge is 2.17. The predicted molar refractivity (Wildman–Crippen MR) is 110 cm³/mol. The van der Waals surface area contributed by atoms with Crippen LogP contribution in [0.5, 0.6) is 0 Å². The standard InChI is InChI=1S/C22H29ClN2O/c1-3-25(4-2)17-11-10-16-21(18-12-6-5-7-13-18)24-22(26)19-14-8-9-15-20(19)23/h5-9,12-15,21H,3-4,10-11,16-17H2,1-2H3,(H,24,26). The highest BCUT2D eigenvalue weighted by atomic mass is 35.5. The summed E-state index contributed by atoms with van der Waals surface area (Å²) in [7, 11) is 0. The van der Waals surface area contributed by atoms with Crippen LogP contribution in [0.25, 0.3) is 0 Å². The molecule has 2 rings (SSSR count). The zero-order valence-electron chi connectivity index (χ0n) is 15.7. The lowest BCUT2D eigenvalue weighted by Gasteiger charge is -2.21. The van der Waals surface area contributed by atoms with Crippen molar-refractivity contribution in [2.45, 2.75) is 39.2 Å². The first-order chi connectivity index (χ1) is 12.7. The van der Waals surface area contributed by atoms with E-state index in [0.29, 0.717) is 10.6 Å². The largest absolute Gasteiger partial charge is 0.345 e. The molecule has 4 heteroatoms. The molecule has 1 amide bonds. The molecule has 0 aromatic heterocycles. The van der Waals surface area contributed by atoms with Gasteiger partial charge in [0.2, 0.25) is 0 Å². The van der Waals surface area contributed by atoms with Gasteiger partial charge in [-0.25, -0.2) is 0 Å². The molecule has 0 radical (unpaired) electrons. The molecule has 1 N–H and O–H groups in total. The number of hydrogen-bond acceptors (Lipinski definition) is 2. The molecule has 2 aromatic carbocycles. The first-order valence-electron chi connectivity index (χ1n) is 9.48. The van der Waals surface area contributed by atoms with Crippen molar-refractivity contribution in [1.29, 1.82) is 0 Å². The maximum Gasteiger partial charge on any atom is 0.253 e. The minimum Gasteiger partial charge on any atom is -0.345 e. The van der Waals surface area contributed by atoms with Crippen molar-refractivity contribution >= 4 is 17.5 Å². The molecule has 2 aromatic rings. The van der Waals surface area contributed by atoms with E-state index >= 15 is 0 Å². The molecule has 1 atom stereocenters. The summed E-state index contributed by atoms with van der Waals surface area (Å²) in [5.74, 6) is -0.117. The average Bonchev–Trinajstić information content (AvgIpc) is 2.68. The SMILES string of the molecule is CCN(CC)CCCCC(NC(=O)c1ccccc1Cl)c1ccccc1. The van der Waals surface area contributed by atoms with Gasteiger partial charge < -0.3 is 10.2 Å². The maximum absolute atomic E-state index is 12.7. The highest BCUT2D eigenvalue weighted by Crippen LogP contribution is 2.22. The normalized spacial score (nSPS) is 12.2. The number of hydrogen-bond donors (Lipinski definition) is 1. The molecule has 0 saturated carbocycles. The number of carbonyl (C=O) groups excluding carboxylic acids is 1. The van der Waals surface area contributed by atoms with Crippen molar-refractivity contribution in [2.24, 2.45) is 0 Å². The Balaban J connectivity index is 2.00. The van der Waals surface area contributed by atoms with Crippen LogP contribution in [-0.2, 0) is 0 Å². The highest BCUT2D eigenvalue weighted by molar-refractivity contribution is 6.33. The summed E-state index contributed by atoms with van der Waals surface area (Å²) in [4.78, 5) is 15.1. The minimum atomic E-state index is -0.117. The fourth-order valence-corrected chi connectivity index (χ4v) is 3.33. The Kier molecular flexibility index (Phi) is 8.66. The molecule has 0 aliphatic rings. The van der Waals surface area contributed by atoms with Gasteiger partial charge in [-0.3, -0.25) is 4.79 Å². The van der Waals surface area contributed by atoms with E-state index in [1.165, 1.54) is 0 Å². The van der Waals surface area contributed by atoms with Crippen LogP contribution in [0.3, 0.4) is 0 Å². The summed E-state index contributed by atoms with van der Waals surface area (Å²) in [6.45, 7) is 7.66. The van der Waals surface area contributed by atoms with Gasteiger partial charge in [0.25, 0.3) is 5.91 Å². The summed E-state index contributed by atoms with van der Waals surface area (Å²) in [6, 6.07) is 17.3. The van der Waals surface area contributed by atoms with Crippen LogP contribution in [0.15, 0.2) is 54.6 Å². The van der Waals surface area contributed by atoms with Crippen molar-refractivity contribution < 1.29 is 4.79 Å². The number of amides is 1. The summed E-state index contributed by atoms with van der Waals surface area (Å²) < 4.78 is 0. The molecule has 140 valence electrons. The van der Waals surface area contributed by atoms with Crippen LogP contribution in [0.1, 0.15) is 55.1 Å². The molecule has 0 aliphatic carbocycles. The van der Waals surface area contributed by atoms with Crippen LogP contribution >= 0.6 is 11.6 Å². The van der Waals surface area contributed by atoms with Gasteiger partial charge in [-0.2, -0.15) is 0 Å². The van der Waals surface area contributed by atoms with Crippen LogP contribution in [0.4, 0.5) is 0 Å². The van der Waals surface area contributed by atoms with Gasteiger partial charge in [0.05, 0.1) is 16.6 Å². The first-order valence-corrected chi connectivity index (χ1v) is 9.86. The average molecular weight is 373 g/mol. The van der Waals surface area contributed by atoms with Crippen molar-refractivity contribution in [2.75, 3.05) is 19.6 Å². The fraction of sp³-hybridized carbons (Fsp3) is 0.409. The van der Waals surface area contributed by atoms with Crippen LogP contribution in [0, 0.1) is 0 Å². The van der Waals surface area contributed by atoms with Gasteiger partial charge in [-0.05, 0) is 56.6 Å². The topological polar surface area (TPSA) is 32.3 Å². The van der Waals surface area contributed by atoms with Crippen molar-refractivity contribution in [1.82, 2.24) is 10.2 Å². The Bertz CT molecular complexity index is 671. The summed E-state index contributed by atoms with van der Waals surface area (Å²) in [5, 5.41) is 3.65. The van der Waals surface area contributed by atoms with E-state index < -0.39 is 0 Å². The molecule has 1 unspecified atom stereocenters. The fourth-order valence-electron chi connectivity index (χ4n) is 3.11. The summed E-state index contributed by atoms with van der Waals surface area (Å²) >= 11 is 6.18. The van der Waals surface area contributed by atoms with Crippen molar-refractivity contribution in [3.63, 3.8) is 0 Å². The molecule has 0 bridgehead atoms. The molecule has 3 nitrogen and oxygen atoms in total. The van der Waals surface area contributed by atoms with Crippen molar-refractivity contribution in [3.8, 4) is 0 Å². The Morgan fingerprint density at radius 3 is 2.31 bits per heavy atom. The quantitative estimate of drug-likeness (QED) is 0.572. The van der Waals surface area contributed by atoms with E-state index in [1.54, 1.807) is 12.1 Å². The molecule has 0 aliphatic heterocycles. The van der Waals surface area contributed by atoms with Crippen LogP contribution in [-0.4, -0.2) is 30.4 Å². The first kappa shape index (κ1) is 20.5. The molecule has 0 heterocycles. The van der Waals surface area contributed by atoms with Gasteiger partial charge in [-0.1, -0.05) is 67.9 Å². The summed E-state index contributed by atoms with van der Waals surface area (Å²) in [6.07, 6.45) is 3.12. The second kappa shape index (κ2) is 11.0. The number of rotatable bonds is 10. The lowest BCUT2D eigenvalue weighted by molar-refractivity contribution is 0.0934. The van der Waals surface area contributed by atoms with Crippen molar-refractivity contribution in [3.05, 3.63) is 70.7 Å². The Morgan fingerprint density at radius 1 is 1.00 bits per heavy atom. The number of benzene rings is 2. The third-order valence-electron chi connectivity index (χ3n) is 4.74. The lowest BCUT2D eigenvalue weighted by atomic mass is 10.00. The summed E-state index contributed by atoms with van der Waals surface area (Å²) in [5.41, 5.74) is 1.66. The number of nitrogens with zero attached hydrogens (tertiary/aromatic N) is 1. The third-order valence-corrected chi connectivity index (χ3v) is 5.07. The zero-order valence-corrected chi connectivity index (χ0v) is 16.5. The van der Waals surface area contributed by atoms with Gasteiger partial charge >= 0.3 is 0 Å². The van der Waals surface area contributed by atoms with Crippen LogP contribution in [0.2, 0.25) is 5.02 Å². The van der Waals surface area contributed by atoms with E-state index in [2.05, 4.69) is 36.2 Å². The van der Waals surface area contributed by atoms with Crippen LogP contribution < -0.4 is 5.32 Å². The molecular weight excluding hydrogens is 344 g/mol. The minimum absolute atomic E-state index is 0.00308. The zero-order chi connectivity index (χ0) is 18.8. The monoisotopic (exact) mass is 372 g/mol. The second-order valence-electron chi connectivity index (χ2n) is 6.44. The number of carbonyl (C=O) groups is 1. The lowest BCUT2D eigenvalue weighted by Crippen LogP contribution is -2.29. The van der Waals surface area contributed by atoms with Gasteiger partial charge in [0, 0.05) is 0 Å². The third kappa shape index (κ3) is 6.15. The Labute approximate surface area is 162 Å². The number of unbranched alkanes of at least 4 members (excludes halogenated alkanes) is 1. The van der Waals surface area contributed by atoms with E-state index in [9.17, 15) is 4.79 Å². The molecule has 26 heavy (non-hydrogen) atoms. The van der Waals surface area contributed by atoms with Gasteiger partial charge in [-0.15, -0.1) is 0 Å². The van der Waals surface area contributed by atoms with E-state index in [1.807, 2.05) is 30.3 Å². The van der Waals surface area contributed by atoms with E-state index in [-0.39, 0.29) is 11.9 Å². The molecule has 0 fully saturated rings. The molecule has 0 spiro atoms.